The second kappa shape index (κ2) is 6.69. The molecule has 1 N–H and O–H groups in total. The van der Waals surface area contributed by atoms with Crippen LogP contribution in [0.5, 0.6) is 0 Å². The Morgan fingerprint density at radius 2 is 2.13 bits per heavy atom. The van der Waals surface area contributed by atoms with Crippen LogP contribution < -0.4 is 10.2 Å². The summed E-state index contributed by atoms with van der Waals surface area (Å²) < 4.78 is 1.64. The Morgan fingerprint density at radius 3 is 2.87 bits per heavy atom. The van der Waals surface area contributed by atoms with E-state index in [1.807, 2.05) is 7.05 Å². The number of rotatable bonds is 5. The molecule has 0 saturated carbocycles. The van der Waals surface area contributed by atoms with Gasteiger partial charge in [0.05, 0.1) is 6.54 Å². The number of amides is 1. The topological polar surface area (TPSA) is 92.1 Å². The van der Waals surface area contributed by atoms with E-state index < -0.39 is 0 Å². The number of piperazine rings is 1. The van der Waals surface area contributed by atoms with E-state index in [1.165, 1.54) is 6.33 Å². The molecule has 2 aromatic rings. The minimum absolute atomic E-state index is 0.0247. The van der Waals surface area contributed by atoms with Crippen LogP contribution in [0, 0.1) is 0 Å². The maximum atomic E-state index is 11.7. The molecule has 23 heavy (non-hydrogen) atoms. The summed E-state index contributed by atoms with van der Waals surface area (Å²) in [6.45, 7) is 7.68. The van der Waals surface area contributed by atoms with Crippen LogP contribution in [0.15, 0.2) is 19.0 Å². The Hall–Kier alpha value is -2.55. The van der Waals surface area contributed by atoms with Crippen LogP contribution in [0.4, 0.5) is 5.82 Å². The molecule has 0 aliphatic carbocycles. The quantitative estimate of drug-likeness (QED) is 0.721. The summed E-state index contributed by atoms with van der Waals surface area (Å²) in [6.07, 6.45) is 3.22. The number of carbonyl (C=O) groups excluding carboxylic acids is 1. The number of nitrogens with one attached hydrogen (secondary N) is 1. The summed E-state index contributed by atoms with van der Waals surface area (Å²) in [6, 6.07) is 0. The summed E-state index contributed by atoms with van der Waals surface area (Å²) in [5.41, 5.74) is 1.44. The van der Waals surface area contributed by atoms with Crippen LogP contribution >= 0.6 is 0 Å². The second-order valence-electron chi connectivity index (χ2n) is 5.44. The number of carbonyl (C=O) groups is 1. The highest BCUT2D eigenvalue weighted by Crippen LogP contribution is 2.21. The summed E-state index contributed by atoms with van der Waals surface area (Å²) in [5.74, 6) is 0.829. The van der Waals surface area contributed by atoms with Gasteiger partial charge in [-0.3, -0.25) is 9.69 Å². The van der Waals surface area contributed by atoms with Gasteiger partial charge in [-0.05, 0) is 0 Å². The maximum absolute atomic E-state index is 11.7. The molecule has 0 atom stereocenters. The van der Waals surface area contributed by atoms with Crippen molar-refractivity contribution < 1.29 is 4.79 Å². The second-order valence-corrected chi connectivity index (χ2v) is 5.44. The minimum Gasteiger partial charge on any atom is -0.352 e. The van der Waals surface area contributed by atoms with Gasteiger partial charge in [-0.15, -0.1) is 11.7 Å². The van der Waals surface area contributed by atoms with Gasteiger partial charge in [-0.25, -0.2) is 14.6 Å². The van der Waals surface area contributed by atoms with E-state index in [0.29, 0.717) is 18.6 Å². The molecule has 122 valence electrons. The Labute approximate surface area is 134 Å². The van der Waals surface area contributed by atoms with E-state index in [0.717, 1.165) is 37.6 Å². The molecule has 1 aliphatic heterocycles. The number of nitrogens with zero attached hydrogens (tertiary/aromatic N) is 7. The lowest BCUT2D eigenvalue weighted by Crippen LogP contribution is -2.49. The first-order chi connectivity index (χ1) is 11.2. The molecule has 0 bridgehead atoms. The summed E-state index contributed by atoms with van der Waals surface area (Å²) >= 11 is 0. The zero-order chi connectivity index (χ0) is 16.2. The third kappa shape index (κ3) is 3.29. The predicted molar refractivity (Wildman–Crippen MR) is 86.0 cm³/mol. The van der Waals surface area contributed by atoms with Crippen LogP contribution in [-0.2, 0) is 11.8 Å². The lowest BCUT2D eigenvalue weighted by atomic mass is 10.3. The van der Waals surface area contributed by atoms with Gasteiger partial charge in [0, 0.05) is 39.8 Å². The highest BCUT2D eigenvalue weighted by atomic mass is 16.2. The molecule has 0 radical (unpaired) electrons. The van der Waals surface area contributed by atoms with Gasteiger partial charge in [0.2, 0.25) is 5.91 Å². The fraction of sp³-hybridized carbons (Fsp3) is 0.500. The summed E-state index contributed by atoms with van der Waals surface area (Å²) in [4.78, 5) is 24.6. The summed E-state index contributed by atoms with van der Waals surface area (Å²) in [5, 5.41) is 10.9. The molecule has 1 saturated heterocycles. The molecule has 0 aromatic carbocycles. The zero-order valence-corrected chi connectivity index (χ0v) is 13.1. The van der Waals surface area contributed by atoms with Crippen LogP contribution in [0.25, 0.3) is 11.2 Å². The molecule has 3 heterocycles. The molecular formula is C14H20N8O. The van der Waals surface area contributed by atoms with E-state index in [4.69, 9.17) is 0 Å². The largest absolute Gasteiger partial charge is 0.352 e. The monoisotopic (exact) mass is 316 g/mol. The van der Waals surface area contributed by atoms with Crippen LogP contribution in [0.3, 0.4) is 0 Å². The van der Waals surface area contributed by atoms with E-state index in [1.54, 1.807) is 10.8 Å². The highest BCUT2D eigenvalue weighted by Gasteiger charge is 2.22. The van der Waals surface area contributed by atoms with Crippen molar-refractivity contribution in [2.24, 2.45) is 7.05 Å². The molecule has 0 unspecified atom stereocenters. The van der Waals surface area contributed by atoms with Gasteiger partial charge in [-0.2, -0.15) is 0 Å². The van der Waals surface area contributed by atoms with Crippen molar-refractivity contribution >= 4 is 22.9 Å². The van der Waals surface area contributed by atoms with Crippen LogP contribution in [0.1, 0.15) is 0 Å². The lowest BCUT2D eigenvalue weighted by molar-refractivity contribution is -0.122. The normalized spacial score (nSPS) is 15.8. The van der Waals surface area contributed by atoms with Crippen molar-refractivity contribution in [2.75, 3.05) is 44.2 Å². The van der Waals surface area contributed by atoms with Crippen molar-refractivity contribution in [3.8, 4) is 0 Å². The van der Waals surface area contributed by atoms with Gasteiger partial charge in [-0.1, -0.05) is 11.3 Å². The molecule has 1 amide bonds. The van der Waals surface area contributed by atoms with Gasteiger partial charge < -0.3 is 10.2 Å². The Morgan fingerprint density at radius 1 is 1.35 bits per heavy atom. The third-order valence-corrected chi connectivity index (χ3v) is 3.85. The molecule has 1 fully saturated rings. The number of fused-ring (bicyclic) bond motifs is 1. The average Bonchev–Trinajstić information content (AvgIpc) is 2.95. The number of aromatic nitrogens is 5. The third-order valence-electron chi connectivity index (χ3n) is 3.85. The van der Waals surface area contributed by atoms with Gasteiger partial charge >= 0.3 is 0 Å². The molecule has 9 nitrogen and oxygen atoms in total. The van der Waals surface area contributed by atoms with Crippen molar-refractivity contribution in [3.63, 3.8) is 0 Å². The van der Waals surface area contributed by atoms with Crippen LogP contribution in [-0.4, -0.2) is 75.0 Å². The zero-order valence-electron chi connectivity index (χ0n) is 13.1. The number of aryl methyl sites for hydroxylation is 1. The van der Waals surface area contributed by atoms with E-state index in [9.17, 15) is 4.79 Å². The first kappa shape index (κ1) is 15.3. The fourth-order valence-corrected chi connectivity index (χ4v) is 2.64. The summed E-state index contributed by atoms with van der Waals surface area (Å²) in [7, 11) is 1.81. The Bertz CT molecular complexity index is 704. The van der Waals surface area contributed by atoms with Crippen molar-refractivity contribution in [2.45, 2.75) is 0 Å². The Balaban J connectivity index is 1.62. The number of hydrogen-bond acceptors (Lipinski definition) is 7. The van der Waals surface area contributed by atoms with E-state index in [2.05, 4.69) is 42.0 Å². The van der Waals surface area contributed by atoms with Crippen molar-refractivity contribution in [1.82, 2.24) is 35.2 Å². The molecule has 1 aliphatic rings. The molecule has 2 aromatic heterocycles. The molecule has 0 spiro atoms. The highest BCUT2D eigenvalue weighted by molar-refractivity contribution is 5.82. The van der Waals surface area contributed by atoms with E-state index in [-0.39, 0.29) is 5.91 Å². The van der Waals surface area contributed by atoms with Gasteiger partial charge in [0.1, 0.15) is 6.33 Å². The SMILES string of the molecule is C=CCNC(=O)CN1CCN(c2ncnc3c2nnn3C)CC1. The van der Waals surface area contributed by atoms with Gasteiger partial charge in [0.25, 0.3) is 0 Å². The Kier molecular flexibility index (Phi) is 4.47. The molecular weight excluding hydrogens is 296 g/mol. The minimum atomic E-state index is 0.0247. The smallest absolute Gasteiger partial charge is 0.234 e. The van der Waals surface area contributed by atoms with Gasteiger partial charge in [0.15, 0.2) is 17.0 Å². The number of hydrogen-bond donors (Lipinski definition) is 1. The molecule has 9 heteroatoms. The fourth-order valence-electron chi connectivity index (χ4n) is 2.64. The predicted octanol–water partition coefficient (Wildman–Crippen LogP) is -0.817. The number of anilines is 1. The van der Waals surface area contributed by atoms with Crippen LogP contribution in [0.2, 0.25) is 0 Å². The first-order valence-electron chi connectivity index (χ1n) is 7.54. The van der Waals surface area contributed by atoms with E-state index >= 15 is 0 Å². The van der Waals surface area contributed by atoms with Crippen molar-refractivity contribution in [1.29, 1.82) is 0 Å². The standard InChI is InChI=1S/C14H20N8O/c1-3-4-15-11(23)9-21-5-7-22(8-6-21)14-12-13(16-10-17-14)20(2)19-18-12/h3,10H,1,4-9H2,2H3,(H,15,23). The lowest BCUT2D eigenvalue weighted by Gasteiger charge is -2.34. The average molecular weight is 316 g/mol. The maximum Gasteiger partial charge on any atom is 0.234 e. The van der Waals surface area contributed by atoms with Crippen molar-refractivity contribution in [3.05, 3.63) is 19.0 Å². The molecule has 3 rings (SSSR count). The first-order valence-corrected chi connectivity index (χ1v) is 7.54.